The lowest BCUT2D eigenvalue weighted by molar-refractivity contribution is -0.128. The van der Waals surface area contributed by atoms with Crippen molar-refractivity contribution in [1.29, 1.82) is 0 Å². The molecule has 1 N–H and O–H groups in total. The van der Waals surface area contributed by atoms with E-state index in [-0.39, 0.29) is 5.91 Å². The summed E-state index contributed by atoms with van der Waals surface area (Å²) in [5.74, 6) is 0.247. The van der Waals surface area contributed by atoms with Crippen LogP contribution in [0.4, 0.5) is 6.01 Å². The van der Waals surface area contributed by atoms with Crippen molar-refractivity contribution in [2.75, 3.05) is 11.9 Å². The summed E-state index contributed by atoms with van der Waals surface area (Å²) >= 11 is 0. The van der Waals surface area contributed by atoms with Gasteiger partial charge >= 0.3 is 0 Å². The molecule has 0 radical (unpaired) electrons. The summed E-state index contributed by atoms with van der Waals surface area (Å²) in [4.78, 5) is 18.2. The van der Waals surface area contributed by atoms with E-state index in [1.54, 1.807) is 0 Å². The number of benzene rings is 2. The molecule has 2 heterocycles. The van der Waals surface area contributed by atoms with Gasteiger partial charge in [0.2, 0.25) is 5.91 Å². The molecule has 122 valence electrons. The highest BCUT2D eigenvalue weighted by Gasteiger charge is 2.20. The molecule has 24 heavy (non-hydrogen) atoms. The lowest BCUT2D eigenvalue weighted by Crippen LogP contribution is -2.24. The number of carbonyl (C=O) groups is 1. The fourth-order valence-electron chi connectivity index (χ4n) is 3.08. The number of oxazole rings is 1. The maximum Gasteiger partial charge on any atom is 0.295 e. The fraction of sp³-hybridized carbons (Fsp3) is 0.263. The summed E-state index contributed by atoms with van der Waals surface area (Å²) in [7, 11) is 0. The summed E-state index contributed by atoms with van der Waals surface area (Å²) in [6.07, 6.45) is 1.63. The Hall–Kier alpha value is -2.82. The lowest BCUT2D eigenvalue weighted by Gasteiger charge is -2.18. The van der Waals surface area contributed by atoms with E-state index in [2.05, 4.69) is 22.4 Å². The molecule has 0 bridgehead atoms. The van der Waals surface area contributed by atoms with Crippen LogP contribution < -0.4 is 5.32 Å². The van der Waals surface area contributed by atoms with Crippen LogP contribution in [-0.2, 0) is 17.9 Å². The first-order valence-electron chi connectivity index (χ1n) is 8.23. The summed E-state index contributed by atoms with van der Waals surface area (Å²) < 4.78 is 5.69. The second-order valence-electron chi connectivity index (χ2n) is 6.03. The number of hydrogen-bond donors (Lipinski definition) is 1. The Bertz CT molecular complexity index is 839. The number of amides is 1. The average molecular weight is 321 g/mol. The number of hydrogen-bond acceptors (Lipinski definition) is 4. The third kappa shape index (κ3) is 2.97. The van der Waals surface area contributed by atoms with Crippen LogP contribution in [0.1, 0.15) is 24.0 Å². The lowest BCUT2D eigenvalue weighted by atomic mass is 10.1. The van der Waals surface area contributed by atoms with Crippen molar-refractivity contribution in [1.82, 2.24) is 9.88 Å². The number of carbonyl (C=O) groups excluding carboxylic acids is 1. The number of rotatable bonds is 5. The normalized spacial score (nSPS) is 14.5. The Morgan fingerprint density at radius 3 is 2.67 bits per heavy atom. The highest BCUT2D eigenvalue weighted by molar-refractivity contribution is 5.78. The topological polar surface area (TPSA) is 58.4 Å². The van der Waals surface area contributed by atoms with Crippen LogP contribution in [0.2, 0.25) is 0 Å². The highest BCUT2D eigenvalue weighted by atomic mass is 16.4. The number of nitrogens with zero attached hydrogens (tertiary/aromatic N) is 2. The van der Waals surface area contributed by atoms with Gasteiger partial charge in [0, 0.05) is 26.1 Å². The van der Waals surface area contributed by atoms with Crippen LogP contribution in [0, 0.1) is 0 Å². The summed E-state index contributed by atoms with van der Waals surface area (Å²) in [6, 6.07) is 16.4. The second-order valence-corrected chi connectivity index (χ2v) is 6.03. The van der Waals surface area contributed by atoms with E-state index < -0.39 is 0 Å². The summed E-state index contributed by atoms with van der Waals surface area (Å²) in [5.41, 5.74) is 3.93. The number of aromatic nitrogens is 1. The maximum absolute atomic E-state index is 11.9. The number of para-hydroxylation sites is 2. The van der Waals surface area contributed by atoms with Gasteiger partial charge in [-0.1, -0.05) is 36.4 Å². The molecule has 1 saturated heterocycles. The van der Waals surface area contributed by atoms with Gasteiger partial charge < -0.3 is 14.6 Å². The quantitative estimate of drug-likeness (QED) is 0.780. The predicted octanol–water partition coefficient (Wildman–Crippen LogP) is 3.56. The van der Waals surface area contributed by atoms with Crippen molar-refractivity contribution in [3.05, 3.63) is 59.7 Å². The van der Waals surface area contributed by atoms with Crippen LogP contribution in [-0.4, -0.2) is 22.3 Å². The smallest absolute Gasteiger partial charge is 0.295 e. The summed E-state index contributed by atoms with van der Waals surface area (Å²) in [6.45, 7) is 2.14. The average Bonchev–Trinajstić information content (AvgIpc) is 3.20. The molecule has 2 aromatic carbocycles. The zero-order valence-corrected chi connectivity index (χ0v) is 13.4. The van der Waals surface area contributed by atoms with Crippen LogP contribution >= 0.6 is 0 Å². The molecular weight excluding hydrogens is 302 g/mol. The molecule has 1 aliphatic rings. The van der Waals surface area contributed by atoms with Gasteiger partial charge in [-0.15, -0.1) is 0 Å². The Balaban J connectivity index is 1.49. The molecule has 3 aromatic rings. The minimum absolute atomic E-state index is 0.247. The molecular formula is C19H19N3O2. The van der Waals surface area contributed by atoms with Crippen molar-refractivity contribution in [2.24, 2.45) is 0 Å². The predicted molar refractivity (Wildman–Crippen MR) is 92.4 cm³/mol. The van der Waals surface area contributed by atoms with Gasteiger partial charge in [0.05, 0.1) is 0 Å². The van der Waals surface area contributed by atoms with Crippen molar-refractivity contribution in [3.63, 3.8) is 0 Å². The van der Waals surface area contributed by atoms with Crippen LogP contribution in [0.3, 0.4) is 0 Å². The molecule has 0 spiro atoms. The minimum atomic E-state index is 0.247. The number of fused-ring (bicyclic) bond motifs is 1. The first kappa shape index (κ1) is 14.8. The first-order valence-corrected chi connectivity index (χ1v) is 8.23. The zero-order chi connectivity index (χ0) is 16.4. The van der Waals surface area contributed by atoms with Crippen LogP contribution in [0.5, 0.6) is 0 Å². The van der Waals surface area contributed by atoms with Gasteiger partial charge in [-0.25, -0.2) is 0 Å². The van der Waals surface area contributed by atoms with Gasteiger partial charge in [-0.3, -0.25) is 4.79 Å². The molecule has 1 aromatic heterocycles. The third-order valence-corrected chi connectivity index (χ3v) is 4.37. The van der Waals surface area contributed by atoms with Crippen molar-refractivity contribution in [2.45, 2.75) is 25.9 Å². The zero-order valence-electron chi connectivity index (χ0n) is 13.4. The van der Waals surface area contributed by atoms with Crippen LogP contribution in [0.25, 0.3) is 11.1 Å². The van der Waals surface area contributed by atoms with E-state index in [9.17, 15) is 4.79 Å². The van der Waals surface area contributed by atoms with E-state index >= 15 is 0 Å². The highest BCUT2D eigenvalue weighted by Crippen LogP contribution is 2.21. The molecule has 0 atom stereocenters. The standard InChI is InChI=1S/C19H19N3O2/c23-18-10-5-11-22(18)13-15-7-2-1-6-14(15)12-20-19-21-16-8-3-4-9-17(16)24-19/h1-4,6-9H,5,10-13H2,(H,20,21). The molecule has 0 aliphatic carbocycles. The van der Waals surface area contributed by atoms with Crippen LogP contribution in [0.15, 0.2) is 52.9 Å². The van der Waals surface area contributed by atoms with Gasteiger partial charge in [-0.05, 0) is 29.7 Å². The number of anilines is 1. The molecule has 1 amide bonds. The third-order valence-electron chi connectivity index (χ3n) is 4.37. The molecule has 0 unspecified atom stereocenters. The monoisotopic (exact) mass is 321 g/mol. The molecule has 1 aliphatic heterocycles. The van der Waals surface area contributed by atoms with E-state index in [4.69, 9.17) is 4.42 Å². The van der Waals surface area contributed by atoms with Crippen molar-refractivity contribution < 1.29 is 9.21 Å². The van der Waals surface area contributed by atoms with E-state index in [0.717, 1.165) is 35.2 Å². The Kier molecular flexibility index (Phi) is 3.91. The molecule has 5 heteroatoms. The fourth-order valence-corrected chi connectivity index (χ4v) is 3.08. The van der Waals surface area contributed by atoms with Crippen molar-refractivity contribution in [3.8, 4) is 0 Å². The molecule has 0 saturated carbocycles. The van der Waals surface area contributed by atoms with Gasteiger partial charge in [0.1, 0.15) is 5.52 Å². The maximum atomic E-state index is 11.9. The number of likely N-dealkylation sites (tertiary alicyclic amines) is 1. The second kappa shape index (κ2) is 6.35. The van der Waals surface area contributed by atoms with E-state index in [0.29, 0.717) is 25.5 Å². The largest absolute Gasteiger partial charge is 0.424 e. The molecule has 5 nitrogen and oxygen atoms in total. The Morgan fingerprint density at radius 2 is 1.88 bits per heavy atom. The Morgan fingerprint density at radius 1 is 1.08 bits per heavy atom. The SMILES string of the molecule is O=C1CCCN1Cc1ccccc1CNc1nc2ccccc2o1. The first-order chi connectivity index (χ1) is 11.8. The Labute approximate surface area is 140 Å². The molecule has 1 fully saturated rings. The van der Waals surface area contributed by atoms with E-state index in [1.807, 2.05) is 41.3 Å². The number of nitrogens with one attached hydrogen (secondary N) is 1. The van der Waals surface area contributed by atoms with Crippen molar-refractivity contribution >= 4 is 23.0 Å². The van der Waals surface area contributed by atoms with Gasteiger partial charge in [-0.2, -0.15) is 4.98 Å². The molecule has 4 rings (SSSR count). The van der Waals surface area contributed by atoms with E-state index in [1.165, 1.54) is 0 Å². The van der Waals surface area contributed by atoms with Gasteiger partial charge in [0.25, 0.3) is 6.01 Å². The van der Waals surface area contributed by atoms with Gasteiger partial charge in [0.15, 0.2) is 5.58 Å². The summed E-state index contributed by atoms with van der Waals surface area (Å²) in [5, 5.41) is 3.25. The minimum Gasteiger partial charge on any atom is -0.424 e.